The molecule has 0 bridgehead atoms. The van der Waals surface area contributed by atoms with Crippen LogP contribution in [0.3, 0.4) is 0 Å². The largest absolute Gasteiger partial charge is 0.427 e. The van der Waals surface area contributed by atoms with Crippen LogP contribution in [0.1, 0.15) is 26.2 Å². The van der Waals surface area contributed by atoms with Crippen LogP contribution < -0.4 is 0 Å². The fourth-order valence-electron chi connectivity index (χ4n) is 1.73. The van der Waals surface area contributed by atoms with Gasteiger partial charge in [0.15, 0.2) is 0 Å². The van der Waals surface area contributed by atoms with Gasteiger partial charge in [0.25, 0.3) is 0 Å². The minimum Gasteiger partial charge on any atom is -0.427 e. The Labute approximate surface area is 77.3 Å². The van der Waals surface area contributed by atoms with Crippen LogP contribution in [0, 0.1) is 5.92 Å². The smallest absolute Gasteiger partial charge is 0.222 e. The van der Waals surface area contributed by atoms with E-state index in [1.54, 1.807) is 0 Å². The summed E-state index contributed by atoms with van der Waals surface area (Å²) in [6.07, 6.45) is 2.46. The number of nitrogens with zero attached hydrogens (tertiary/aromatic N) is 2. The van der Waals surface area contributed by atoms with Gasteiger partial charge < -0.3 is 9.15 Å². The zero-order valence-electron chi connectivity index (χ0n) is 7.99. The predicted octanol–water partition coefficient (Wildman–Crippen LogP) is 1.38. The van der Waals surface area contributed by atoms with Crippen molar-refractivity contribution >= 4 is 0 Å². The third kappa shape index (κ3) is 1.46. The number of hydrogen-bond donors (Lipinski definition) is 0. The lowest BCUT2D eigenvalue weighted by molar-refractivity contribution is 0.160. The molecular weight excluding hydrogens is 168 g/mol. The lowest BCUT2D eigenvalue weighted by atomic mass is 9.78. The zero-order chi connectivity index (χ0) is 9.31. The molecule has 13 heavy (non-hydrogen) atoms. The molecule has 0 spiro atoms. The lowest BCUT2D eigenvalue weighted by Gasteiger charge is -2.26. The Kier molecular flexibility index (Phi) is 2.07. The van der Waals surface area contributed by atoms with Gasteiger partial charge in [-0.15, -0.1) is 10.2 Å². The molecule has 0 aromatic carbocycles. The molecule has 2 heterocycles. The quantitative estimate of drug-likeness (QED) is 0.693. The van der Waals surface area contributed by atoms with Gasteiger partial charge in [-0.1, -0.05) is 13.8 Å². The SMILES string of the molecule is CC(C)(c1nnco1)C1CCOC1. The predicted molar refractivity (Wildman–Crippen MR) is 46.3 cm³/mol. The Balaban J connectivity index is 2.19. The Morgan fingerprint density at radius 3 is 2.92 bits per heavy atom. The maximum Gasteiger partial charge on any atom is 0.222 e. The van der Waals surface area contributed by atoms with Gasteiger partial charge in [0.05, 0.1) is 6.61 Å². The standard InChI is InChI=1S/C9H14N2O2/c1-9(2,7-3-4-12-5-7)8-11-10-6-13-8/h6-7H,3-5H2,1-2H3. The molecule has 0 radical (unpaired) electrons. The average molecular weight is 182 g/mol. The molecule has 4 heteroatoms. The molecule has 72 valence electrons. The third-order valence-electron chi connectivity index (χ3n) is 2.86. The molecule has 4 nitrogen and oxygen atoms in total. The first kappa shape index (κ1) is 8.69. The van der Waals surface area contributed by atoms with Gasteiger partial charge in [0.2, 0.25) is 12.3 Å². The summed E-state index contributed by atoms with van der Waals surface area (Å²) >= 11 is 0. The highest BCUT2D eigenvalue weighted by atomic mass is 16.5. The normalized spacial score (nSPS) is 23.7. The summed E-state index contributed by atoms with van der Waals surface area (Å²) in [7, 11) is 0. The van der Waals surface area contributed by atoms with Crippen molar-refractivity contribution < 1.29 is 9.15 Å². The fraction of sp³-hybridized carbons (Fsp3) is 0.778. The first-order valence-electron chi connectivity index (χ1n) is 4.55. The first-order chi connectivity index (χ1) is 6.21. The molecule has 0 aliphatic carbocycles. The Bertz CT molecular complexity index is 263. The van der Waals surface area contributed by atoms with E-state index in [2.05, 4.69) is 24.0 Å². The van der Waals surface area contributed by atoms with Crippen LogP contribution in [0.5, 0.6) is 0 Å². The van der Waals surface area contributed by atoms with Crippen LogP contribution in [0.4, 0.5) is 0 Å². The second-order valence-electron chi connectivity index (χ2n) is 4.03. The molecule has 1 aromatic heterocycles. The summed E-state index contributed by atoms with van der Waals surface area (Å²) in [5.41, 5.74) is -0.0625. The van der Waals surface area contributed by atoms with Crippen molar-refractivity contribution in [1.82, 2.24) is 10.2 Å². The fourth-order valence-corrected chi connectivity index (χ4v) is 1.73. The van der Waals surface area contributed by atoms with Gasteiger partial charge >= 0.3 is 0 Å². The van der Waals surface area contributed by atoms with Crippen LogP contribution in [0.15, 0.2) is 10.8 Å². The van der Waals surface area contributed by atoms with E-state index in [9.17, 15) is 0 Å². The first-order valence-corrected chi connectivity index (χ1v) is 4.55. The van der Waals surface area contributed by atoms with E-state index in [1.165, 1.54) is 6.39 Å². The summed E-state index contributed by atoms with van der Waals surface area (Å²) < 4.78 is 10.6. The van der Waals surface area contributed by atoms with Crippen molar-refractivity contribution in [2.45, 2.75) is 25.7 Å². The highest BCUT2D eigenvalue weighted by Gasteiger charge is 2.37. The van der Waals surface area contributed by atoms with E-state index >= 15 is 0 Å². The average Bonchev–Trinajstić information content (AvgIpc) is 2.78. The summed E-state index contributed by atoms with van der Waals surface area (Å²) in [5.74, 6) is 1.20. The Morgan fingerprint density at radius 1 is 1.54 bits per heavy atom. The third-order valence-corrected chi connectivity index (χ3v) is 2.86. The van der Waals surface area contributed by atoms with Crippen molar-refractivity contribution in [3.63, 3.8) is 0 Å². The molecular formula is C9H14N2O2. The van der Waals surface area contributed by atoms with Gasteiger partial charge in [-0.3, -0.25) is 0 Å². The van der Waals surface area contributed by atoms with Gasteiger partial charge in [-0.05, 0) is 12.3 Å². The monoisotopic (exact) mass is 182 g/mol. The van der Waals surface area contributed by atoms with Crippen LogP contribution in [-0.4, -0.2) is 23.4 Å². The van der Waals surface area contributed by atoms with Gasteiger partial charge in [0, 0.05) is 12.0 Å². The van der Waals surface area contributed by atoms with Gasteiger partial charge in [-0.25, -0.2) is 0 Å². The number of hydrogen-bond acceptors (Lipinski definition) is 4. The topological polar surface area (TPSA) is 48.2 Å². The molecule has 1 fully saturated rings. The maximum atomic E-state index is 5.35. The highest BCUT2D eigenvalue weighted by Crippen LogP contribution is 2.35. The zero-order valence-corrected chi connectivity index (χ0v) is 7.99. The number of aromatic nitrogens is 2. The highest BCUT2D eigenvalue weighted by molar-refractivity contribution is 5.02. The molecule has 0 amide bonds. The van der Waals surface area contributed by atoms with Crippen LogP contribution >= 0.6 is 0 Å². The van der Waals surface area contributed by atoms with E-state index < -0.39 is 0 Å². The maximum absolute atomic E-state index is 5.35. The molecule has 1 unspecified atom stereocenters. The Hall–Kier alpha value is -0.900. The van der Waals surface area contributed by atoms with E-state index in [0.29, 0.717) is 11.8 Å². The molecule has 1 aliphatic heterocycles. The van der Waals surface area contributed by atoms with Crippen LogP contribution in [0.25, 0.3) is 0 Å². The second kappa shape index (κ2) is 3.10. The Morgan fingerprint density at radius 2 is 2.38 bits per heavy atom. The van der Waals surface area contributed by atoms with Crippen molar-refractivity contribution in [2.75, 3.05) is 13.2 Å². The van der Waals surface area contributed by atoms with Crippen molar-refractivity contribution in [3.8, 4) is 0 Å². The van der Waals surface area contributed by atoms with Gasteiger partial charge in [0.1, 0.15) is 0 Å². The molecule has 1 atom stereocenters. The number of rotatable bonds is 2. The van der Waals surface area contributed by atoms with Crippen molar-refractivity contribution in [1.29, 1.82) is 0 Å². The molecule has 0 N–H and O–H groups in total. The van der Waals surface area contributed by atoms with E-state index in [0.717, 1.165) is 19.6 Å². The lowest BCUT2D eigenvalue weighted by Crippen LogP contribution is -2.29. The molecule has 1 aliphatic rings. The summed E-state index contributed by atoms with van der Waals surface area (Å²) in [6, 6.07) is 0. The van der Waals surface area contributed by atoms with Crippen LogP contribution in [0.2, 0.25) is 0 Å². The van der Waals surface area contributed by atoms with Crippen LogP contribution in [-0.2, 0) is 10.2 Å². The number of ether oxygens (including phenoxy) is 1. The molecule has 2 rings (SSSR count). The minimum absolute atomic E-state index is 0.0625. The van der Waals surface area contributed by atoms with E-state index in [-0.39, 0.29) is 5.41 Å². The summed E-state index contributed by atoms with van der Waals surface area (Å²) in [6.45, 7) is 5.90. The molecule has 0 saturated carbocycles. The molecule has 1 saturated heterocycles. The minimum atomic E-state index is -0.0625. The van der Waals surface area contributed by atoms with E-state index in [4.69, 9.17) is 9.15 Å². The van der Waals surface area contributed by atoms with Crippen molar-refractivity contribution in [2.24, 2.45) is 5.92 Å². The molecule has 1 aromatic rings. The second-order valence-corrected chi connectivity index (χ2v) is 4.03. The summed E-state index contributed by atoms with van der Waals surface area (Å²) in [5, 5.41) is 7.66. The summed E-state index contributed by atoms with van der Waals surface area (Å²) in [4.78, 5) is 0. The van der Waals surface area contributed by atoms with Gasteiger partial charge in [-0.2, -0.15) is 0 Å². The van der Waals surface area contributed by atoms with E-state index in [1.807, 2.05) is 0 Å². The van der Waals surface area contributed by atoms with Crippen molar-refractivity contribution in [3.05, 3.63) is 12.3 Å².